The number of carbonyl (C=O) groups is 1. The second-order valence-electron chi connectivity index (χ2n) is 4.04. The molecule has 0 aromatic heterocycles. The summed E-state index contributed by atoms with van der Waals surface area (Å²) in [6.45, 7) is 2.53. The number of nitrogens with one attached hydrogen (secondary N) is 1. The van der Waals surface area contributed by atoms with Gasteiger partial charge in [-0.25, -0.2) is 0 Å². The molecule has 1 aromatic carbocycles. The van der Waals surface area contributed by atoms with Crippen LogP contribution in [-0.4, -0.2) is 36.2 Å². The molecular formula is C12H16N2O2. The smallest absolute Gasteiger partial charge is 0.246 e. The van der Waals surface area contributed by atoms with Crippen LogP contribution in [0.25, 0.3) is 0 Å². The van der Waals surface area contributed by atoms with E-state index in [-0.39, 0.29) is 18.6 Å². The number of para-hydroxylation sites is 1. The van der Waals surface area contributed by atoms with Gasteiger partial charge in [0.1, 0.15) is 6.04 Å². The Morgan fingerprint density at radius 1 is 1.44 bits per heavy atom. The summed E-state index contributed by atoms with van der Waals surface area (Å²) in [5, 5.41) is 12.1. The lowest BCUT2D eigenvalue weighted by molar-refractivity contribution is -0.123. The van der Waals surface area contributed by atoms with Crippen molar-refractivity contribution in [3.8, 4) is 0 Å². The zero-order valence-corrected chi connectivity index (χ0v) is 9.26. The van der Waals surface area contributed by atoms with Crippen molar-refractivity contribution in [2.75, 3.05) is 18.1 Å². The molecule has 86 valence electrons. The molecule has 1 amide bonds. The first-order valence-corrected chi connectivity index (χ1v) is 5.46. The van der Waals surface area contributed by atoms with Crippen LogP contribution in [-0.2, 0) is 4.79 Å². The molecule has 1 saturated heterocycles. The van der Waals surface area contributed by atoms with Gasteiger partial charge in [0.15, 0.2) is 0 Å². The van der Waals surface area contributed by atoms with Crippen molar-refractivity contribution in [1.82, 2.24) is 5.32 Å². The summed E-state index contributed by atoms with van der Waals surface area (Å²) in [5.74, 6) is -0.0625. The third-order valence-electron chi connectivity index (χ3n) is 2.85. The molecule has 0 saturated carbocycles. The molecule has 0 spiro atoms. The second-order valence-corrected chi connectivity index (χ2v) is 4.04. The first-order chi connectivity index (χ1) is 7.74. The number of aliphatic hydroxyl groups is 1. The molecule has 1 aliphatic rings. The van der Waals surface area contributed by atoms with Crippen LogP contribution in [0.4, 0.5) is 5.69 Å². The topological polar surface area (TPSA) is 52.6 Å². The average Bonchev–Trinajstić information content (AvgIpc) is 2.31. The van der Waals surface area contributed by atoms with Crippen molar-refractivity contribution in [2.24, 2.45) is 0 Å². The Morgan fingerprint density at radius 2 is 2.12 bits per heavy atom. The highest BCUT2D eigenvalue weighted by Crippen LogP contribution is 2.19. The summed E-state index contributed by atoms with van der Waals surface area (Å²) in [4.78, 5) is 13.8. The van der Waals surface area contributed by atoms with Crippen LogP contribution in [0.5, 0.6) is 0 Å². The maximum absolute atomic E-state index is 12.1. The summed E-state index contributed by atoms with van der Waals surface area (Å²) >= 11 is 0. The number of nitrogens with zero attached hydrogens (tertiary/aromatic N) is 1. The van der Waals surface area contributed by atoms with Crippen LogP contribution in [0.2, 0.25) is 0 Å². The highest BCUT2D eigenvalue weighted by Gasteiger charge is 2.32. The van der Waals surface area contributed by atoms with Gasteiger partial charge in [-0.1, -0.05) is 18.2 Å². The van der Waals surface area contributed by atoms with E-state index in [0.717, 1.165) is 5.69 Å². The van der Waals surface area contributed by atoms with Gasteiger partial charge in [0.25, 0.3) is 0 Å². The van der Waals surface area contributed by atoms with Crippen molar-refractivity contribution < 1.29 is 9.90 Å². The molecule has 2 unspecified atom stereocenters. The van der Waals surface area contributed by atoms with Crippen LogP contribution in [0, 0.1) is 0 Å². The van der Waals surface area contributed by atoms with Crippen LogP contribution >= 0.6 is 0 Å². The molecule has 2 N–H and O–H groups in total. The zero-order chi connectivity index (χ0) is 11.5. The number of piperazine rings is 1. The standard InChI is InChI=1S/C12H16N2O2/c1-9-7-13-11(8-15)12(16)14(9)10-5-3-2-4-6-10/h2-6,9,11,13,15H,7-8H2,1H3. The highest BCUT2D eigenvalue weighted by molar-refractivity contribution is 5.98. The number of hydrogen-bond acceptors (Lipinski definition) is 3. The predicted molar refractivity (Wildman–Crippen MR) is 62.3 cm³/mol. The molecular weight excluding hydrogens is 204 g/mol. The van der Waals surface area contributed by atoms with Gasteiger partial charge in [0, 0.05) is 18.3 Å². The van der Waals surface area contributed by atoms with Crippen LogP contribution < -0.4 is 10.2 Å². The Balaban J connectivity index is 2.27. The van der Waals surface area contributed by atoms with Gasteiger partial charge in [-0.2, -0.15) is 0 Å². The zero-order valence-electron chi connectivity index (χ0n) is 9.26. The molecule has 2 atom stereocenters. The largest absolute Gasteiger partial charge is 0.394 e. The minimum absolute atomic E-state index is 0.0625. The minimum atomic E-state index is -0.476. The summed E-state index contributed by atoms with van der Waals surface area (Å²) in [6.07, 6.45) is 0. The predicted octanol–water partition coefficient (Wildman–Crippen LogP) is 0.372. The van der Waals surface area contributed by atoms with E-state index >= 15 is 0 Å². The SMILES string of the molecule is CC1CNC(CO)C(=O)N1c1ccccc1. The Labute approximate surface area is 94.9 Å². The molecule has 1 aromatic rings. The molecule has 1 aliphatic heterocycles. The van der Waals surface area contributed by atoms with Crippen molar-refractivity contribution in [3.05, 3.63) is 30.3 Å². The van der Waals surface area contributed by atoms with Crippen molar-refractivity contribution >= 4 is 11.6 Å². The summed E-state index contributed by atoms with van der Waals surface area (Å²) in [7, 11) is 0. The Kier molecular flexibility index (Phi) is 3.22. The fourth-order valence-electron chi connectivity index (χ4n) is 1.99. The maximum Gasteiger partial charge on any atom is 0.246 e. The number of benzene rings is 1. The quantitative estimate of drug-likeness (QED) is 0.757. The van der Waals surface area contributed by atoms with Crippen LogP contribution in [0.15, 0.2) is 30.3 Å². The van der Waals surface area contributed by atoms with Crippen molar-refractivity contribution in [2.45, 2.75) is 19.0 Å². The minimum Gasteiger partial charge on any atom is -0.394 e. The Hall–Kier alpha value is -1.39. The summed E-state index contributed by atoms with van der Waals surface area (Å²) in [5.41, 5.74) is 0.889. The van der Waals surface area contributed by atoms with E-state index in [0.29, 0.717) is 6.54 Å². The first-order valence-electron chi connectivity index (χ1n) is 5.46. The van der Waals surface area contributed by atoms with Crippen LogP contribution in [0.1, 0.15) is 6.92 Å². The van der Waals surface area contributed by atoms with E-state index < -0.39 is 6.04 Å². The number of carbonyl (C=O) groups excluding carboxylic acids is 1. The third kappa shape index (κ3) is 1.94. The molecule has 1 heterocycles. The second kappa shape index (κ2) is 4.63. The van der Waals surface area contributed by atoms with E-state index in [4.69, 9.17) is 5.11 Å². The summed E-state index contributed by atoms with van der Waals surface area (Å²) < 4.78 is 0. The number of amides is 1. The van der Waals surface area contributed by atoms with E-state index in [1.807, 2.05) is 37.3 Å². The van der Waals surface area contributed by atoms with E-state index in [9.17, 15) is 4.79 Å². The fourth-order valence-corrected chi connectivity index (χ4v) is 1.99. The Bertz CT molecular complexity index is 367. The monoisotopic (exact) mass is 220 g/mol. The van der Waals surface area contributed by atoms with Gasteiger partial charge in [0.2, 0.25) is 5.91 Å². The Morgan fingerprint density at radius 3 is 2.75 bits per heavy atom. The number of anilines is 1. The van der Waals surface area contributed by atoms with E-state index in [1.54, 1.807) is 4.90 Å². The molecule has 2 rings (SSSR count). The van der Waals surface area contributed by atoms with E-state index in [2.05, 4.69) is 5.32 Å². The highest BCUT2D eigenvalue weighted by atomic mass is 16.3. The van der Waals surface area contributed by atoms with Crippen molar-refractivity contribution in [3.63, 3.8) is 0 Å². The third-order valence-corrected chi connectivity index (χ3v) is 2.85. The van der Waals surface area contributed by atoms with Gasteiger partial charge in [-0.05, 0) is 19.1 Å². The lowest BCUT2D eigenvalue weighted by atomic mass is 10.1. The van der Waals surface area contributed by atoms with Crippen molar-refractivity contribution in [1.29, 1.82) is 0 Å². The normalized spacial score (nSPS) is 25.9. The molecule has 0 radical (unpaired) electrons. The van der Waals surface area contributed by atoms with Gasteiger partial charge < -0.3 is 15.3 Å². The number of aliphatic hydroxyl groups excluding tert-OH is 1. The number of hydrogen-bond donors (Lipinski definition) is 2. The maximum atomic E-state index is 12.1. The molecule has 4 nitrogen and oxygen atoms in total. The fraction of sp³-hybridized carbons (Fsp3) is 0.417. The molecule has 1 fully saturated rings. The molecule has 4 heteroatoms. The molecule has 0 aliphatic carbocycles. The van der Waals surface area contributed by atoms with Gasteiger partial charge >= 0.3 is 0 Å². The van der Waals surface area contributed by atoms with Gasteiger partial charge in [-0.3, -0.25) is 4.79 Å². The first kappa shape index (κ1) is 11.1. The van der Waals surface area contributed by atoms with Gasteiger partial charge in [-0.15, -0.1) is 0 Å². The molecule has 16 heavy (non-hydrogen) atoms. The lowest BCUT2D eigenvalue weighted by Crippen LogP contribution is -2.60. The van der Waals surface area contributed by atoms with Crippen LogP contribution in [0.3, 0.4) is 0 Å². The number of rotatable bonds is 2. The van der Waals surface area contributed by atoms with Gasteiger partial charge in [0.05, 0.1) is 6.61 Å². The van der Waals surface area contributed by atoms with E-state index in [1.165, 1.54) is 0 Å². The average molecular weight is 220 g/mol. The summed E-state index contributed by atoms with van der Waals surface area (Å²) in [6, 6.07) is 9.19. The molecule has 0 bridgehead atoms. The lowest BCUT2D eigenvalue weighted by Gasteiger charge is -2.37.